The number of hydrogen-bond donors (Lipinski definition) is 2. The Hall–Kier alpha value is -0.610. The molecule has 4 heteroatoms. The highest BCUT2D eigenvalue weighted by Crippen LogP contribution is 2.18. The summed E-state index contributed by atoms with van der Waals surface area (Å²) in [4.78, 5) is 13.1. The topological polar surface area (TPSA) is 58.4 Å². The molecule has 0 radical (unpaired) electrons. The molecule has 1 atom stereocenters. The summed E-state index contributed by atoms with van der Waals surface area (Å²) >= 11 is 0. The lowest BCUT2D eigenvalue weighted by Crippen LogP contribution is -2.55. The molecule has 4 nitrogen and oxygen atoms in total. The molecule has 1 saturated heterocycles. The maximum absolute atomic E-state index is 11.0. The van der Waals surface area contributed by atoms with E-state index >= 15 is 0 Å². The lowest BCUT2D eigenvalue weighted by atomic mass is 9.98. The van der Waals surface area contributed by atoms with E-state index in [0.29, 0.717) is 0 Å². The van der Waals surface area contributed by atoms with Gasteiger partial charge in [0.15, 0.2) is 0 Å². The molecule has 1 aliphatic heterocycles. The average Bonchev–Trinajstić information content (AvgIpc) is 2.33. The third kappa shape index (κ3) is 1.36. The lowest BCUT2D eigenvalue weighted by Gasteiger charge is -2.24. The summed E-state index contributed by atoms with van der Waals surface area (Å²) in [6, 6.07) is 0. The third-order valence-corrected chi connectivity index (χ3v) is 2.41. The van der Waals surface area contributed by atoms with Gasteiger partial charge in [-0.05, 0) is 20.5 Å². The Balaban J connectivity index is 2.70. The second-order valence-electron chi connectivity index (χ2n) is 3.18. The number of nitrogens with two attached hydrogens (primary N) is 1. The van der Waals surface area contributed by atoms with Crippen LogP contribution in [-0.2, 0) is 4.79 Å². The molecule has 0 saturated carbocycles. The minimum absolute atomic E-state index is 0.246. The number of nitrogens with one attached hydrogen (secondary N) is 1. The van der Waals surface area contributed by atoms with Crippen molar-refractivity contribution >= 4 is 5.91 Å². The van der Waals surface area contributed by atoms with Crippen molar-refractivity contribution in [1.29, 1.82) is 0 Å². The van der Waals surface area contributed by atoms with Crippen molar-refractivity contribution in [3.8, 4) is 0 Å². The maximum Gasteiger partial charge on any atom is 0.239 e. The first kappa shape index (κ1) is 8.49. The summed E-state index contributed by atoms with van der Waals surface area (Å²) in [5.74, 6) is -0.246. The Morgan fingerprint density at radius 3 is 2.55 bits per heavy atom. The molecule has 1 unspecified atom stereocenters. The summed E-state index contributed by atoms with van der Waals surface area (Å²) in [6.07, 6.45) is 0.815. The molecule has 0 spiro atoms. The van der Waals surface area contributed by atoms with Crippen LogP contribution in [0, 0.1) is 0 Å². The van der Waals surface area contributed by atoms with Gasteiger partial charge in [-0.15, -0.1) is 0 Å². The molecule has 11 heavy (non-hydrogen) atoms. The van der Waals surface area contributed by atoms with Crippen LogP contribution in [0.3, 0.4) is 0 Å². The fourth-order valence-electron chi connectivity index (χ4n) is 1.53. The van der Waals surface area contributed by atoms with Crippen molar-refractivity contribution in [2.24, 2.45) is 5.73 Å². The molecule has 0 aromatic heterocycles. The Morgan fingerprint density at radius 1 is 1.73 bits per heavy atom. The third-order valence-electron chi connectivity index (χ3n) is 2.41. The van der Waals surface area contributed by atoms with E-state index in [0.717, 1.165) is 19.5 Å². The first-order chi connectivity index (χ1) is 5.10. The standard InChI is InChI=1S/C7H15N3O/c1-9-7(6(8)11)3-4-10(2)5-7/h9H,3-5H2,1-2H3,(H2,8,11). The summed E-state index contributed by atoms with van der Waals surface area (Å²) in [6.45, 7) is 1.66. The van der Waals surface area contributed by atoms with Crippen molar-refractivity contribution in [2.45, 2.75) is 12.0 Å². The molecule has 0 aliphatic carbocycles. The molecule has 1 heterocycles. The quantitative estimate of drug-likeness (QED) is 0.527. The number of carbonyl (C=O) groups excluding carboxylic acids is 1. The molecule has 1 aliphatic rings. The Kier molecular flexibility index (Phi) is 2.15. The monoisotopic (exact) mass is 157 g/mol. The van der Waals surface area contributed by atoms with Gasteiger partial charge in [-0.3, -0.25) is 4.79 Å². The van der Waals surface area contributed by atoms with Crippen molar-refractivity contribution < 1.29 is 4.79 Å². The Labute approximate surface area is 66.7 Å². The molecule has 1 rings (SSSR count). The summed E-state index contributed by atoms with van der Waals surface area (Å²) in [5, 5.41) is 2.99. The highest BCUT2D eigenvalue weighted by Gasteiger charge is 2.40. The van der Waals surface area contributed by atoms with E-state index < -0.39 is 5.54 Å². The first-order valence-corrected chi connectivity index (χ1v) is 3.78. The largest absolute Gasteiger partial charge is 0.368 e. The predicted molar refractivity (Wildman–Crippen MR) is 43.1 cm³/mol. The van der Waals surface area contributed by atoms with Gasteiger partial charge in [-0.25, -0.2) is 0 Å². The van der Waals surface area contributed by atoms with Crippen LogP contribution in [0.4, 0.5) is 0 Å². The normalized spacial score (nSPS) is 32.5. The lowest BCUT2D eigenvalue weighted by molar-refractivity contribution is -0.123. The van der Waals surface area contributed by atoms with Crippen LogP contribution in [0.5, 0.6) is 0 Å². The number of amides is 1. The highest BCUT2D eigenvalue weighted by atomic mass is 16.1. The second-order valence-corrected chi connectivity index (χ2v) is 3.18. The summed E-state index contributed by atoms with van der Waals surface area (Å²) in [5.41, 5.74) is 4.80. The Morgan fingerprint density at radius 2 is 2.36 bits per heavy atom. The van der Waals surface area contributed by atoms with Crippen LogP contribution in [-0.4, -0.2) is 43.5 Å². The number of rotatable bonds is 2. The van der Waals surface area contributed by atoms with E-state index in [4.69, 9.17) is 5.73 Å². The van der Waals surface area contributed by atoms with Gasteiger partial charge in [0, 0.05) is 13.1 Å². The fourth-order valence-corrected chi connectivity index (χ4v) is 1.53. The van der Waals surface area contributed by atoms with Crippen molar-refractivity contribution in [3.63, 3.8) is 0 Å². The maximum atomic E-state index is 11.0. The summed E-state index contributed by atoms with van der Waals surface area (Å²) < 4.78 is 0. The van der Waals surface area contributed by atoms with E-state index in [-0.39, 0.29) is 5.91 Å². The van der Waals surface area contributed by atoms with E-state index in [2.05, 4.69) is 10.2 Å². The van der Waals surface area contributed by atoms with Crippen LogP contribution in [0.2, 0.25) is 0 Å². The molecule has 0 aromatic carbocycles. The van der Waals surface area contributed by atoms with Gasteiger partial charge in [0.25, 0.3) is 0 Å². The number of likely N-dealkylation sites (tertiary alicyclic amines) is 1. The van der Waals surface area contributed by atoms with Gasteiger partial charge in [0.2, 0.25) is 5.91 Å². The van der Waals surface area contributed by atoms with Gasteiger partial charge in [-0.2, -0.15) is 0 Å². The molecular weight excluding hydrogens is 142 g/mol. The van der Waals surface area contributed by atoms with E-state index in [1.165, 1.54) is 0 Å². The van der Waals surface area contributed by atoms with Gasteiger partial charge < -0.3 is 16.0 Å². The fraction of sp³-hybridized carbons (Fsp3) is 0.857. The van der Waals surface area contributed by atoms with Gasteiger partial charge in [0.05, 0.1) is 0 Å². The second kappa shape index (κ2) is 2.79. The van der Waals surface area contributed by atoms with Crippen LogP contribution in [0.15, 0.2) is 0 Å². The zero-order chi connectivity index (χ0) is 8.48. The zero-order valence-electron chi connectivity index (χ0n) is 7.05. The minimum Gasteiger partial charge on any atom is -0.368 e. The number of nitrogens with zero attached hydrogens (tertiary/aromatic N) is 1. The van der Waals surface area contributed by atoms with E-state index in [1.54, 1.807) is 7.05 Å². The molecule has 0 bridgehead atoms. The molecule has 0 aromatic rings. The smallest absolute Gasteiger partial charge is 0.239 e. The molecule has 64 valence electrons. The minimum atomic E-state index is -0.477. The SMILES string of the molecule is CNC1(C(N)=O)CCN(C)C1. The molecule has 1 amide bonds. The van der Waals surface area contributed by atoms with Gasteiger partial charge in [0.1, 0.15) is 5.54 Å². The zero-order valence-corrected chi connectivity index (χ0v) is 7.05. The van der Waals surface area contributed by atoms with Gasteiger partial charge in [-0.1, -0.05) is 0 Å². The molecular formula is C7H15N3O. The summed E-state index contributed by atoms with van der Waals surface area (Å²) in [7, 11) is 3.77. The van der Waals surface area contributed by atoms with Crippen molar-refractivity contribution in [3.05, 3.63) is 0 Å². The van der Waals surface area contributed by atoms with Crippen LogP contribution >= 0.6 is 0 Å². The van der Waals surface area contributed by atoms with Crippen LogP contribution < -0.4 is 11.1 Å². The number of primary amides is 1. The van der Waals surface area contributed by atoms with Crippen LogP contribution in [0.25, 0.3) is 0 Å². The average molecular weight is 157 g/mol. The number of hydrogen-bond acceptors (Lipinski definition) is 3. The molecule has 1 fully saturated rings. The molecule has 3 N–H and O–H groups in total. The van der Waals surface area contributed by atoms with Crippen molar-refractivity contribution in [2.75, 3.05) is 27.2 Å². The number of likely N-dealkylation sites (N-methyl/N-ethyl adjacent to an activating group) is 2. The number of carbonyl (C=O) groups is 1. The van der Waals surface area contributed by atoms with E-state index in [9.17, 15) is 4.79 Å². The van der Waals surface area contributed by atoms with Crippen molar-refractivity contribution in [1.82, 2.24) is 10.2 Å². The van der Waals surface area contributed by atoms with Gasteiger partial charge >= 0.3 is 0 Å². The first-order valence-electron chi connectivity index (χ1n) is 3.78. The highest BCUT2D eigenvalue weighted by molar-refractivity contribution is 5.85. The Bertz CT molecular complexity index is 171. The van der Waals surface area contributed by atoms with E-state index in [1.807, 2.05) is 7.05 Å². The van der Waals surface area contributed by atoms with Crippen LogP contribution in [0.1, 0.15) is 6.42 Å². The predicted octanol–water partition coefficient (Wildman–Crippen LogP) is -1.23.